The number of pyridine rings is 1. The Balaban J connectivity index is 1.44. The molecule has 1 aliphatic rings. The van der Waals surface area contributed by atoms with Gasteiger partial charge in [-0.2, -0.15) is 0 Å². The number of nitrogens with one attached hydrogen (secondary N) is 1. The van der Waals surface area contributed by atoms with Crippen LogP contribution < -0.4 is 10.3 Å². The summed E-state index contributed by atoms with van der Waals surface area (Å²) in [5.41, 5.74) is 3.78. The highest BCUT2D eigenvalue weighted by Crippen LogP contribution is 2.28. The van der Waals surface area contributed by atoms with Crippen molar-refractivity contribution in [3.63, 3.8) is 0 Å². The minimum absolute atomic E-state index is 0.543. The summed E-state index contributed by atoms with van der Waals surface area (Å²) in [6.45, 7) is 2.90. The van der Waals surface area contributed by atoms with Gasteiger partial charge in [-0.1, -0.05) is 23.4 Å². The largest absolute Gasteiger partial charge is 0.481 e. The number of rotatable bonds is 7. The van der Waals surface area contributed by atoms with E-state index in [1.54, 1.807) is 36.4 Å². The summed E-state index contributed by atoms with van der Waals surface area (Å²) in [6, 6.07) is 7.77. The van der Waals surface area contributed by atoms with E-state index in [1.165, 1.54) is 0 Å². The van der Waals surface area contributed by atoms with Crippen LogP contribution in [0.15, 0.2) is 47.2 Å². The van der Waals surface area contributed by atoms with Crippen LogP contribution in [0.4, 0.5) is 0 Å². The molecule has 0 unspecified atom stereocenters. The van der Waals surface area contributed by atoms with Gasteiger partial charge < -0.3 is 14.1 Å². The molecule has 0 aliphatic carbocycles. The maximum absolute atomic E-state index is 5.56. The van der Waals surface area contributed by atoms with Crippen LogP contribution in [-0.2, 0) is 11.4 Å². The van der Waals surface area contributed by atoms with Crippen molar-refractivity contribution >= 4 is 28.9 Å². The van der Waals surface area contributed by atoms with Crippen molar-refractivity contribution in [2.75, 3.05) is 13.0 Å². The summed E-state index contributed by atoms with van der Waals surface area (Å²) in [5.74, 6) is 2.77. The minimum atomic E-state index is 0.543. The van der Waals surface area contributed by atoms with E-state index >= 15 is 0 Å². The number of aromatic nitrogens is 4. The number of methoxy groups -OCH3 is 1. The third-order valence-corrected chi connectivity index (χ3v) is 5.72. The average molecular weight is 403 g/mol. The first-order chi connectivity index (χ1) is 13.3. The molecule has 3 aromatic rings. The third kappa shape index (κ3) is 3.77. The molecular weight excluding hydrogens is 384 g/mol. The van der Waals surface area contributed by atoms with Crippen molar-refractivity contribution in [2.45, 2.75) is 18.6 Å². The normalized spacial score (nSPS) is 13.6. The van der Waals surface area contributed by atoms with Gasteiger partial charge in [-0.05, 0) is 24.4 Å². The van der Waals surface area contributed by atoms with Crippen molar-refractivity contribution < 1.29 is 9.57 Å². The van der Waals surface area contributed by atoms with E-state index in [0.717, 1.165) is 28.0 Å². The Morgan fingerprint density at radius 1 is 1.33 bits per heavy atom. The lowest BCUT2D eigenvalue weighted by atomic mass is 10.2. The van der Waals surface area contributed by atoms with Crippen LogP contribution in [0, 0.1) is 0 Å². The van der Waals surface area contributed by atoms with Gasteiger partial charge in [0.1, 0.15) is 0 Å². The maximum Gasteiger partial charge on any atom is 0.213 e. The first-order valence-electron chi connectivity index (χ1n) is 8.29. The lowest BCUT2D eigenvalue weighted by Crippen LogP contribution is -2.27. The number of hydrogen-bond donors (Lipinski definition) is 1. The van der Waals surface area contributed by atoms with E-state index in [0.29, 0.717) is 17.5 Å². The van der Waals surface area contributed by atoms with E-state index < -0.39 is 0 Å². The van der Waals surface area contributed by atoms with Crippen LogP contribution >= 0.6 is 23.1 Å². The molecule has 0 radical (unpaired) electrons. The minimum Gasteiger partial charge on any atom is -0.481 e. The fraction of sp³-hybridized carbons (Fsp3) is 0.235. The SMILES string of the molecule is CCn1c(SCN2C=C(c3ccnc(OC)c3)ON2)nnc1-c1cccs1. The number of hydrazine groups is 1. The van der Waals surface area contributed by atoms with E-state index in [-0.39, 0.29) is 0 Å². The van der Waals surface area contributed by atoms with Crippen LogP contribution in [0.3, 0.4) is 0 Å². The number of ether oxygens (including phenoxy) is 1. The van der Waals surface area contributed by atoms with E-state index in [4.69, 9.17) is 9.57 Å². The Kier molecular flexibility index (Phi) is 5.28. The first-order valence-corrected chi connectivity index (χ1v) is 10.2. The van der Waals surface area contributed by atoms with E-state index in [2.05, 4.69) is 38.3 Å². The molecule has 1 aliphatic heterocycles. The standard InChI is InChI=1S/C17H18N6O2S2/c1-3-23-16(14-5-4-8-26-14)19-20-17(23)27-11-22-10-13(25-21-22)12-6-7-18-15(9-12)24-2/h4-10,21H,3,11H2,1-2H3. The highest BCUT2D eigenvalue weighted by Gasteiger charge is 2.19. The molecule has 140 valence electrons. The third-order valence-electron chi connectivity index (χ3n) is 3.88. The second-order valence-electron chi connectivity index (χ2n) is 5.54. The molecule has 10 heteroatoms. The highest BCUT2D eigenvalue weighted by molar-refractivity contribution is 7.99. The second kappa shape index (κ2) is 7.99. The lowest BCUT2D eigenvalue weighted by molar-refractivity contribution is 0.0607. The van der Waals surface area contributed by atoms with Crippen molar-refractivity contribution in [1.82, 2.24) is 30.3 Å². The molecule has 0 fully saturated rings. The number of hydrogen-bond acceptors (Lipinski definition) is 9. The molecule has 0 atom stereocenters. The Morgan fingerprint density at radius 3 is 3.04 bits per heavy atom. The number of thiophene rings is 1. The van der Waals surface area contributed by atoms with Crippen molar-refractivity contribution in [3.05, 3.63) is 47.6 Å². The summed E-state index contributed by atoms with van der Waals surface area (Å²) in [6.07, 6.45) is 3.58. The first kappa shape index (κ1) is 17.8. The van der Waals surface area contributed by atoms with Gasteiger partial charge in [-0.25, -0.2) is 4.98 Å². The summed E-state index contributed by atoms with van der Waals surface area (Å²) in [4.78, 5) is 10.8. The van der Waals surface area contributed by atoms with Gasteiger partial charge in [0.2, 0.25) is 5.88 Å². The van der Waals surface area contributed by atoms with Crippen molar-refractivity contribution in [2.24, 2.45) is 0 Å². The van der Waals surface area contributed by atoms with Gasteiger partial charge in [-0.3, -0.25) is 5.01 Å². The summed E-state index contributed by atoms with van der Waals surface area (Å²) in [5, 5.41) is 13.5. The predicted molar refractivity (Wildman–Crippen MR) is 105 cm³/mol. The van der Waals surface area contributed by atoms with Gasteiger partial charge in [0, 0.05) is 24.4 Å². The highest BCUT2D eigenvalue weighted by atomic mass is 32.2. The Bertz CT molecular complexity index is 941. The zero-order valence-electron chi connectivity index (χ0n) is 14.8. The van der Waals surface area contributed by atoms with Crippen LogP contribution in [-0.4, -0.2) is 37.7 Å². The zero-order chi connectivity index (χ0) is 18.6. The van der Waals surface area contributed by atoms with Crippen LogP contribution in [0.25, 0.3) is 16.5 Å². The van der Waals surface area contributed by atoms with Crippen LogP contribution in [0.2, 0.25) is 0 Å². The molecule has 4 heterocycles. The van der Waals surface area contributed by atoms with Crippen LogP contribution in [0.5, 0.6) is 5.88 Å². The topological polar surface area (TPSA) is 77.3 Å². The van der Waals surface area contributed by atoms with Gasteiger partial charge in [-0.15, -0.1) is 21.5 Å². The van der Waals surface area contributed by atoms with E-state index in [1.807, 2.05) is 34.8 Å². The fourth-order valence-electron chi connectivity index (χ4n) is 2.57. The maximum atomic E-state index is 5.56. The molecule has 0 amide bonds. The zero-order valence-corrected chi connectivity index (χ0v) is 16.5. The Labute approximate surface area is 164 Å². The average Bonchev–Trinajstić information content (AvgIpc) is 3.46. The van der Waals surface area contributed by atoms with Gasteiger partial charge in [0.25, 0.3) is 0 Å². The summed E-state index contributed by atoms with van der Waals surface area (Å²) in [7, 11) is 1.59. The Hall–Kier alpha value is -2.56. The number of nitrogens with zero attached hydrogens (tertiary/aromatic N) is 5. The van der Waals surface area contributed by atoms with Gasteiger partial charge in [0.15, 0.2) is 16.7 Å². The molecule has 27 heavy (non-hydrogen) atoms. The van der Waals surface area contributed by atoms with Gasteiger partial charge >= 0.3 is 0 Å². The summed E-state index contributed by atoms with van der Waals surface area (Å²) >= 11 is 3.25. The molecule has 0 saturated heterocycles. The fourth-order valence-corrected chi connectivity index (χ4v) is 4.14. The molecule has 0 bridgehead atoms. The Morgan fingerprint density at radius 2 is 2.26 bits per heavy atom. The quantitative estimate of drug-likeness (QED) is 0.604. The molecule has 0 saturated carbocycles. The lowest BCUT2D eigenvalue weighted by Gasteiger charge is -2.13. The van der Waals surface area contributed by atoms with Crippen molar-refractivity contribution in [3.8, 4) is 16.6 Å². The summed E-state index contributed by atoms with van der Waals surface area (Å²) < 4.78 is 7.27. The smallest absolute Gasteiger partial charge is 0.213 e. The second-order valence-corrected chi connectivity index (χ2v) is 7.40. The van der Waals surface area contributed by atoms with E-state index in [9.17, 15) is 0 Å². The molecule has 1 N–H and O–H groups in total. The van der Waals surface area contributed by atoms with Crippen molar-refractivity contribution in [1.29, 1.82) is 0 Å². The molecule has 0 spiro atoms. The monoisotopic (exact) mass is 402 g/mol. The number of thioether (sulfide) groups is 1. The molecular formula is C17H18N6O2S2. The van der Waals surface area contributed by atoms with Crippen LogP contribution in [0.1, 0.15) is 12.5 Å². The molecule has 3 aromatic heterocycles. The molecule has 4 rings (SSSR count). The van der Waals surface area contributed by atoms with Gasteiger partial charge in [0.05, 0.1) is 24.1 Å². The predicted octanol–water partition coefficient (Wildman–Crippen LogP) is 3.23. The molecule has 0 aromatic carbocycles. The molecule has 8 nitrogen and oxygen atoms in total.